The molecule has 0 saturated heterocycles. The Labute approximate surface area is 120 Å². The molecule has 0 radical (unpaired) electrons. The Morgan fingerprint density at radius 3 is 2.75 bits per heavy atom. The highest BCUT2D eigenvalue weighted by Gasteiger charge is 2.21. The number of fused-ring (bicyclic) bond motifs is 1. The fraction of sp³-hybridized carbons (Fsp3) is 0.385. The zero-order valence-electron chi connectivity index (χ0n) is 10.8. The van der Waals surface area contributed by atoms with Gasteiger partial charge in [-0.05, 0) is 19.1 Å². The normalized spacial score (nSPS) is 15.1. The largest absolute Gasteiger partial charge is 0.489 e. The molecule has 20 heavy (non-hydrogen) atoms. The molecule has 1 aromatic rings. The number of nitrogens with two attached hydrogens (primary N) is 1. The van der Waals surface area contributed by atoms with E-state index in [4.69, 9.17) is 31.5 Å². The lowest BCUT2D eigenvalue weighted by Crippen LogP contribution is -2.30. The van der Waals surface area contributed by atoms with Crippen molar-refractivity contribution in [3.8, 4) is 11.5 Å². The van der Waals surface area contributed by atoms with Gasteiger partial charge >= 0.3 is 5.97 Å². The molecule has 1 aliphatic rings. The maximum Gasteiger partial charge on any atom is 0.339 e. The molecule has 0 spiro atoms. The van der Waals surface area contributed by atoms with Gasteiger partial charge in [-0.15, -0.1) is 0 Å². The molecule has 2 rings (SSSR count). The fourth-order valence-corrected chi connectivity index (χ4v) is 1.90. The van der Waals surface area contributed by atoms with Gasteiger partial charge in [0.25, 0.3) is 5.91 Å². The van der Waals surface area contributed by atoms with Crippen molar-refractivity contribution in [1.82, 2.24) is 0 Å². The molecule has 1 amide bonds. The predicted molar refractivity (Wildman–Crippen MR) is 71.1 cm³/mol. The van der Waals surface area contributed by atoms with E-state index >= 15 is 0 Å². The summed E-state index contributed by atoms with van der Waals surface area (Å²) in [4.78, 5) is 22.8. The van der Waals surface area contributed by atoms with Crippen LogP contribution < -0.4 is 15.2 Å². The van der Waals surface area contributed by atoms with Crippen molar-refractivity contribution in [3.63, 3.8) is 0 Å². The highest BCUT2D eigenvalue weighted by molar-refractivity contribution is 6.32. The van der Waals surface area contributed by atoms with Crippen LogP contribution in [0.2, 0.25) is 5.02 Å². The molecular formula is C13H14ClNO5. The quantitative estimate of drug-likeness (QED) is 0.855. The van der Waals surface area contributed by atoms with Gasteiger partial charge in [0.2, 0.25) is 0 Å². The third kappa shape index (κ3) is 3.14. The molecule has 1 aromatic carbocycles. The molecule has 0 saturated carbocycles. The zero-order chi connectivity index (χ0) is 14.7. The number of primary amides is 1. The monoisotopic (exact) mass is 299 g/mol. The summed E-state index contributed by atoms with van der Waals surface area (Å²) in [5.41, 5.74) is 5.21. The van der Waals surface area contributed by atoms with Gasteiger partial charge in [-0.25, -0.2) is 4.79 Å². The molecule has 1 atom stereocenters. The van der Waals surface area contributed by atoms with Crippen LogP contribution in [-0.2, 0) is 9.53 Å². The van der Waals surface area contributed by atoms with Crippen LogP contribution >= 0.6 is 11.6 Å². The maximum absolute atomic E-state index is 11.9. The molecular weight excluding hydrogens is 286 g/mol. The molecule has 2 N–H and O–H groups in total. The Kier molecular flexibility index (Phi) is 4.34. The molecule has 0 aliphatic carbocycles. The third-order valence-electron chi connectivity index (χ3n) is 2.72. The minimum atomic E-state index is -1.02. The Balaban J connectivity index is 2.25. The second kappa shape index (κ2) is 6.00. The van der Waals surface area contributed by atoms with E-state index in [1.807, 2.05) is 0 Å². The van der Waals surface area contributed by atoms with Crippen LogP contribution in [0.4, 0.5) is 0 Å². The Hall–Kier alpha value is -1.95. The van der Waals surface area contributed by atoms with E-state index in [1.54, 1.807) is 0 Å². The number of halogens is 1. The number of ether oxygens (including phenoxy) is 3. The summed E-state index contributed by atoms with van der Waals surface area (Å²) < 4.78 is 15.8. The van der Waals surface area contributed by atoms with Crippen LogP contribution in [0.25, 0.3) is 0 Å². The Morgan fingerprint density at radius 2 is 2.05 bits per heavy atom. The van der Waals surface area contributed by atoms with Gasteiger partial charge in [-0.1, -0.05) is 11.6 Å². The summed E-state index contributed by atoms with van der Waals surface area (Å²) in [7, 11) is 0. The molecule has 1 heterocycles. The van der Waals surface area contributed by atoms with Crippen molar-refractivity contribution >= 4 is 23.5 Å². The molecule has 0 unspecified atom stereocenters. The van der Waals surface area contributed by atoms with Crippen LogP contribution in [0.15, 0.2) is 12.1 Å². The van der Waals surface area contributed by atoms with Crippen LogP contribution in [0.5, 0.6) is 11.5 Å². The smallest absolute Gasteiger partial charge is 0.339 e. The zero-order valence-corrected chi connectivity index (χ0v) is 11.6. The van der Waals surface area contributed by atoms with E-state index in [-0.39, 0.29) is 10.6 Å². The average Bonchev–Trinajstić information content (AvgIpc) is 2.63. The first-order valence-electron chi connectivity index (χ1n) is 6.08. The third-order valence-corrected chi connectivity index (χ3v) is 3.00. The molecule has 1 aliphatic heterocycles. The predicted octanol–water partition coefficient (Wildman–Crippen LogP) is 1.53. The average molecular weight is 300 g/mol. The van der Waals surface area contributed by atoms with Gasteiger partial charge in [-0.3, -0.25) is 4.79 Å². The van der Waals surface area contributed by atoms with Gasteiger partial charge in [0.15, 0.2) is 17.6 Å². The molecule has 0 aromatic heterocycles. The molecule has 6 nitrogen and oxygen atoms in total. The standard InChI is InChI=1S/C13H14ClNO5/c1-7(12(15)16)20-13(17)8-5-9(14)11-10(6-8)18-3-2-4-19-11/h5-7H,2-4H2,1H3,(H2,15,16)/t7-/m1/s1. The van der Waals surface area contributed by atoms with Gasteiger partial charge in [-0.2, -0.15) is 0 Å². The number of hydrogen-bond acceptors (Lipinski definition) is 5. The number of carbonyl (C=O) groups excluding carboxylic acids is 2. The lowest BCUT2D eigenvalue weighted by molar-refractivity contribution is -0.125. The van der Waals surface area contributed by atoms with E-state index in [2.05, 4.69) is 0 Å². The van der Waals surface area contributed by atoms with Gasteiger partial charge in [0, 0.05) is 6.42 Å². The van der Waals surface area contributed by atoms with E-state index in [0.717, 1.165) is 6.42 Å². The van der Waals surface area contributed by atoms with Crippen LogP contribution in [0.1, 0.15) is 23.7 Å². The number of esters is 1. The summed E-state index contributed by atoms with van der Waals surface area (Å²) in [6.45, 7) is 2.36. The van der Waals surface area contributed by atoms with Gasteiger partial charge in [0.05, 0.1) is 23.8 Å². The second-order valence-corrected chi connectivity index (χ2v) is 4.69. The van der Waals surface area contributed by atoms with E-state index in [9.17, 15) is 9.59 Å². The van der Waals surface area contributed by atoms with Crippen molar-refractivity contribution in [1.29, 1.82) is 0 Å². The Bertz CT molecular complexity index is 546. The molecule has 0 bridgehead atoms. The second-order valence-electron chi connectivity index (χ2n) is 4.29. The summed E-state index contributed by atoms with van der Waals surface area (Å²) in [6, 6.07) is 2.88. The van der Waals surface area contributed by atoms with Crippen molar-refractivity contribution in [2.45, 2.75) is 19.4 Å². The first kappa shape index (κ1) is 14.5. The summed E-state index contributed by atoms with van der Waals surface area (Å²) >= 11 is 6.06. The van der Waals surface area contributed by atoms with E-state index < -0.39 is 18.0 Å². The highest BCUT2D eigenvalue weighted by atomic mass is 35.5. The fourth-order valence-electron chi connectivity index (χ4n) is 1.64. The molecule has 7 heteroatoms. The number of rotatable bonds is 3. The molecule has 108 valence electrons. The number of benzene rings is 1. The molecule has 0 fully saturated rings. The number of amides is 1. The minimum Gasteiger partial charge on any atom is -0.489 e. The summed E-state index contributed by atoms with van der Waals surface area (Å²) in [6.07, 6.45) is -0.291. The highest BCUT2D eigenvalue weighted by Crippen LogP contribution is 2.38. The maximum atomic E-state index is 11.9. The van der Waals surface area contributed by atoms with Gasteiger partial charge < -0.3 is 19.9 Å². The van der Waals surface area contributed by atoms with Crippen LogP contribution in [0.3, 0.4) is 0 Å². The van der Waals surface area contributed by atoms with Gasteiger partial charge in [0.1, 0.15) is 0 Å². The van der Waals surface area contributed by atoms with Crippen molar-refractivity contribution in [2.75, 3.05) is 13.2 Å². The van der Waals surface area contributed by atoms with Crippen molar-refractivity contribution < 1.29 is 23.8 Å². The first-order valence-corrected chi connectivity index (χ1v) is 6.46. The van der Waals surface area contributed by atoms with Crippen LogP contribution in [-0.4, -0.2) is 31.2 Å². The topological polar surface area (TPSA) is 87.8 Å². The van der Waals surface area contributed by atoms with E-state index in [0.29, 0.717) is 24.7 Å². The first-order chi connectivity index (χ1) is 9.49. The van der Waals surface area contributed by atoms with Crippen molar-refractivity contribution in [3.05, 3.63) is 22.7 Å². The lowest BCUT2D eigenvalue weighted by atomic mass is 10.2. The van der Waals surface area contributed by atoms with E-state index in [1.165, 1.54) is 19.1 Å². The summed E-state index contributed by atoms with van der Waals surface area (Å²) in [5.74, 6) is -0.634. The number of carbonyl (C=O) groups is 2. The minimum absolute atomic E-state index is 0.173. The van der Waals surface area contributed by atoms with Crippen LogP contribution in [0, 0.1) is 0 Å². The Morgan fingerprint density at radius 1 is 1.35 bits per heavy atom. The SMILES string of the molecule is C[C@@H](OC(=O)c1cc(Cl)c2c(c1)OCCCO2)C(N)=O. The summed E-state index contributed by atoms with van der Waals surface area (Å²) in [5, 5.41) is 0.253. The number of hydrogen-bond donors (Lipinski definition) is 1. The van der Waals surface area contributed by atoms with Crippen molar-refractivity contribution in [2.24, 2.45) is 5.73 Å². The lowest BCUT2D eigenvalue weighted by Gasteiger charge is -2.13.